The Morgan fingerprint density at radius 2 is 1.48 bits per heavy atom. The summed E-state index contributed by atoms with van der Waals surface area (Å²) in [5, 5.41) is 3.49. The van der Waals surface area contributed by atoms with Gasteiger partial charge in [0.15, 0.2) is 11.5 Å². The number of methoxy groups -OCH3 is 2. The highest BCUT2D eigenvalue weighted by molar-refractivity contribution is 6.37. The lowest BCUT2D eigenvalue weighted by Gasteiger charge is -2.36. The zero-order valence-electron chi connectivity index (χ0n) is 26.7. The first-order valence-electron chi connectivity index (χ1n) is 15.7. The van der Waals surface area contributed by atoms with Crippen LogP contribution < -0.4 is 29.7 Å². The first-order valence-corrected chi connectivity index (χ1v) is 16.1. The monoisotopic (exact) mass is 645 g/mol. The van der Waals surface area contributed by atoms with Gasteiger partial charge in [0.05, 0.1) is 30.1 Å². The number of hydrogen-bond donors (Lipinski definition) is 1. The third-order valence-electron chi connectivity index (χ3n) is 9.35. The van der Waals surface area contributed by atoms with Crippen molar-refractivity contribution in [1.29, 1.82) is 0 Å². The Hall–Kier alpha value is -4.21. The molecule has 46 heavy (non-hydrogen) atoms. The van der Waals surface area contributed by atoms with E-state index in [9.17, 15) is 9.59 Å². The van der Waals surface area contributed by atoms with Gasteiger partial charge in [-0.15, -0.1) is 0 Å². The number of pyridine rings is 1. The fourth-order valence-corrected chi connectivity index (χ4v) is 7.01. The number of aromatic nitrogens is 1. The molecule has 6 rings (SSSR count). The molecule has 10 heteroatoms. The second-order valence-electron chi connectivity index (χ2n) is 12.0. The van der Waals surface area contributed by atoms with Gasteiger partial charge in [-0.25, -0.2) is 0 Å². The van der Waals surface area contributed by atoms with Gasteiger partial charge in [0, 0.05) is 36.9 Å². The fraction of sp³-hybridized carbons (Fsp3) is 0.389. The Labute approximate surface area is 274 Å². The molecular formula is C36H40ClN3O6. The Morgan fingerprint density at radius 3 is 2.02 bits per heavy atom. The molecule has 2 saturated heterocycles. The van der Waals surface area contributed by atoms with Crippen molar-refractivity contribution >= 4 is 28.4 Å². The molecule has 2 aliphatic heterocycles. The Kier molecular flexibility index (Phi) is 9.42. The first kappa shape index (κ1) is 31.8. The molecular weight excluding hydrogens is 606 g/mol. The van der Waals surface area contributed by atoms with Crippen LogP contribution in [0.4, 0.5) is 0 Å². The molecule has 2 aliphatic rings. The molecule has 3 aromatic carbocycles. The van der Waals surface area contributed by atoms with Crippen LogP contribution in [0.1, 0.15) is 54.1 Å². The third kappa shape index (κ3) is 6.39. The van der Waals surface area contributed by atoms with Crippen LogP contribution in [0.3, 0.4) is 0 Å². The quantitative estimate of drug-likeness (QED) is 0.208. The number of carbonyl (C=O) groups excluding carboxylic acids is 1. The molecule has 2 fully saturated rings. The van der Waals surface area contributed by atoms with E-state index in [1.807, 2.05) is 60.0 Å². The van der Waals surface area contributed by atoms with Crippen LogP contribution in [0.25, 0.3) is 10.9 Å². The molecule has 1 aromatic heterocycles. The predicted octanol–water partition coefficient (Wildman–Crippen LogP) is 6.21. The molecule has 3 atom stereocenters. The smallest absolute Gasteiger partial charge is 0.256 e. The summed E-state index contributed by atoms with van der Waals surface area (Å²) in [6, 6.07) is 17.8. The first-order chi connectivity index (χ1) is 22.3. The molecule has 242 valence electrons. The van der Waals surface area contributed by atoms with Gasteiger partial charge in [-0.1, -0.05) is 35.9 Å². The standard InChI is InChI=1S/C36H40ClN3O6/c1-5-40-19-29(36(42)38-24-16-25-10-11-26(17-24)39(25)2)34(41)32-30(40)18-31(45-20-22-6-12-27(43-3)13-7-22)35(33(32)37)46-21-23-8-14-28(44-4)15-9-23/h6-9,12-15,18-19,24-26H,5,10-11,16-17,20-21H2,1-4H3,(H,38,42)/t24?,25-,26+. The number of halogens is 1. The minimum Gasteiger partial charge on any atom is -0.497 e. The van der Waals surface area contributed by atoms with Crippen LogP contribution in [0, 0.1) is 0 Å². The largest absolute Gasteiger partial charge is 0.497 e. The molecule has 0 aliphatic carbocycles. The summed E-state index contributed by atoms with van der Waals surface area (Å²) in [5.74, 6) is 1.73. The van der Waals surface area contributed by atoms with E-state index in [4.69, 9.17) is 30.5 Å². The summed E-state index contributed by atoms with van der Waals surface area (Å²) in [7, 11) is 5.40. The third-order valence-corrected chi connectivity index (χ3v) is 9.71. The highest BCUT2D eigenvalue weighted by atomic mass is 35.5. The lowest BCUT2D eigenvalue weighted by atomic mass is 9.97. The SMILES string of the molecule is CCn1cc(C(=O)NC2C[C@H]3CC[C@@H](C2)N3C)c(=O)c2c(Cl)c(OCc3ccc(OC)cc3)c(OCc3ccc(OC)cc3)cc21. The zero-order valence-corrected chi connectivity index (χ0v) is 27.4. The van der Waals surface area contributed by atoms with E-state index >= 15 is 0 Å². The minimum atomic E-state index is -0.436. The number of piperidine rings is 1. The van der Waals surface area contributed by atoms with Gasteiger partial charge in [-0.2, -0.15) is 0 Å². The molecule has 0 radical (unpaired) electrons. The molecule has 0 spiro atoms. The van der Waals surface area contributed by atoms with Crippen LogP contribution in [0.5, 0.6) is 23.0 Å². The van der Waals surface area contributed by atoms with Crippen molar-refractivity contribution in [3.63, 3.8) is 0 Å². The van der Waals surface area contributed by atoms with E-state index < -0.39 is 5.43 Å². The molecule has 1 N–H and O–H groups in total. The van der Waals surface area contributed by atoms with E-state index in [0.717, 1.165) is 48.3 Å². The van der Waals surface area contributed by atoms with Crippen molar-refractivity contribution in [3.05, 3.63) is 92.7 Å². The normalized spacial score (nSPS) is 19.2. The molecule has 0 saturated carbocycles. The summed E-state index contributed by atoms with van der Waals surface area (Å²) in [5.41, 5.74) is 1.99. The number of rotatable bonds is 11. The van der Waals surface area contributed by atoms with E-state index in [1.165, 1.54) is 0 Å². The number of ether oxygens (including phenoxy) is 4. The zero-order chi connectivity index (χ0) is 32.4. The highest BCUT2D eigenvalue weighted by Gasteiger charge is 2.39. The van der Waals surface area contributed by atoms with Gasteiger partial charge in [-0.05, 0) is 75.0 Å². The van der Waals surface area contributed by atoms with Gasteiger partial charge < -0.3 is 33.7 Å². The summed E-state index contributed by atoms with van der Waals surface area (Å²) in [6.07, 6.45) is 5.68. The Bertz CT molecular complexity index is 1760. The van der Waals surface area contributed by atoms with E-state index in [2.05, 4.69) is 17.3 Å². The van der Waals surface area contributed by atoms with E-state index in [1.54, 1.807) is 26.5 Å². The number of nitrogens with zero attached hydrogens (tertiary/aromatic N) is 2. The van der Waals surface area contributed by atoms with Gasteiger partial charge in [-0.3, -0.25) is 9.59 Å². The molecule has 2 bridgehead atoms. The van der Waals surface area contributed by atoms with E-state index in [0.29, 0.717) is 29.9 Å². The summed E-state index contributed by atoms with van der Waals surface area (Å²) >= 11 is 7.06. The van der Waals surface area contributed by atoms with Crippen LogP contribution in [-0.2, 0) is 19.8 Å². The number of carbonyl (C=O) groups is 1. The van der Waals surface area contributed by atoms with Crippen molar-refractivity contribution < 1.29 is 23.7 Å². The van der Waals surface area contributed by atoms with Crippen molar-refractivity contribution in [2.24, 2.45) is 0 Å². The minimum absolute atomic E-state index is 0.0268. The maximum atomic E-state index is 14.1. The van der Waals surface area contributed by atoms with Crippen molar-refractivity contribution in [2.45, 2.75) is 70.5 Å². The average molecular weight is 646 g/mol. The summed E-state index contributed by atoms with van der Waals surface area (Å²) in [6.45, 7) is 2.88. The Morgan fingerprint density at radius 1 is 0.913 bits per heavy atom. The van der Waals surface area contributed by atoms with Crippen LogP contribution in [0.15, 0.2) is 65.6 Å². The lowest BCUT2D eigenvalue weighted by Crippen LogP contribution is -2.49. The van der Waals surface area contributed by atoms with Gasteiger partial charge in [0.1, 0.15) is 30.3 Å². The fourth-order valence-electron chi connectivity index (χ4n) is 6.67. The van der Waals surface area contributed by atoms with Gasteiger partial charge in [0.2, 0.25) is 5.43 Å². The van der Waals surface area contributed by atoms with Crippen molar-refractivity contribution in [1.82, 2.24) is 14.8 Å². The maximum Gasteiger partial charge on any atom is 0.256 e. The lowest BCUT2D eigenvalue weighted by molar-refractivity contribution is 0.0881. The molecule has 4 aromatic rings. The molecule has 1 unspecified atom stereocenters. The number of fused-ring (bicyclic) bond motifs is 3. The maximum absolute atomic E-state index is 14.1. The molecule has 1 amide bonds. The van der Waals surface area contributed by atoms with Crippen LogP contribution in [-0.4, -0.2) is 54.8 Å². The summed E-state index contributed by atoms with van der Waals surface area (Å²) in [4.78, 5) is 30.1. The van der Waals surface area contributed by atoms with Crippen molar-refractivity contribution in [2.75, 3.05) is 21.3 Å². The molecule has 3 heterocycles. The molecule has 9 nitrogen and oxygen atoms in total. The predicted molar refractivity (Wildman–Crippen MR) is 179 cm³/mol. The number of amides is 1. The second-order valence-corrected chi connectivity index (χ2v) is 12.4. The number of hydrogen-bond acceptors (Lipinski definition) is 7. The Balaban J connectivity index is 1.35. The second kappa shape index (κ2) is 13.6. The van der Waals surface area contributed by atoms with Crippen LogP contribution >= 0.6 is 11.6 Å². The van der Waals surface area contributed by atoms with Gasteiger partial charge >= 0.3 is 0 Å². The topological polar surface area (TPSA) is 91.3 Å². The average Bonchev–Trinajstić information content (AvgIpc) is 3.26. The van der Waals surface area contributed by atoms with Crippen LogP contribution in [0.2, 0.25) is 5.02 Å². The number of nitrogens with one attached hydrogen (secondary N) is 1. The summed E-state index contributed by atoms with van der Waals surface area (Å²) < 4.78 is 25.0. The number of benzene rings is 3. The highest BCUT2D eigenvalue weighted by Crippen LogP contribution is 2.41. The number of aryl methyl sites for hydroxylation is 1. The van der Waals surface area contributed by atoms with Gasteiger partial charge in [0.25, 0.3) is 5.91 Å². The van der Waals surface area contributed by atoms with Crippen molar-refractivity contribution in [3.8, 4) is 23.0 Å². The van der Waals surface area contributed by atoms with E-state index in [-0.39, 0.29) is 46.9 Å².